The molecule has 0 aliphatic carbocycles. The van der Waals surface area contributed by atoms with Crippen molar-refractivity contribution in [3.05, 3.63) is 28.8 Å². The molecule has 0 saturated carbocycles. The number of fused-ring (bicyclic) bond motifs is 1. The van der Waals surface area contributed by atoms with Gasteiger partial charge in [0.25, 0.3) is 0 Å². The van der Waals surface area contributed by atoms with Gasteiger partial charge in [-0.15, -0.1) is 0 Å². The number of hydrogen-bond donors (Lipinski definition) is 1. The molecular formula is C12H17NO. The Balaban J connectivity index is 2.53. The van der Waals surface area contributed by atoms with E-state index < -0.39 is 0 Å². The molecule has 1 heterocycles. The maximum absolute atomic E-state index is 6.09. The van der Waals surface area contributed by atoms with E-state index in [4.69, 9.17) is 10.5 Å². The Hall–Kier alpha value is -1.02. The average molecular weight is 191 g/mol. The Labute approximate surface area is 85.1 Å². The van der Waals surface area contributed by atoms with E-state index in [9.17, 15) is 0 Å². The average Bonchev–Trinajstić information content (AvgIpc) is 2.07. The Morgan fingerprint density at radius 1 is 1.36 bits per heavy atom. The van der Waals surface area contributed by atoms with Gasteiger partial charge in [0.15, 0.2) is 0 Å². The van der Waals surface area contributed by atoms with Gasteiger partial charge < -0.3 is 10.5 Å². The van der Waals surface area contributed by atoms with E-state index >= 15 is 0 Å². The lowest BCUT2D eigenvalue weighted by Crippen LogP contribution is -2.27. The zero-order valence-electron chi connectivity index (χ0n) is 9.00. The second-order valence-electron chi connectivity index (χ2n) is 4.27. The van der Waals surface area contributed by atoms with Crippen LogP contribution in [0, 0.1) is 13.8 Å². The third kappa shape index (κ3) is 1.50. The SMILES string of the molecule is Cc1cc(C)c2c(c1)C(N)CC(C)O2. The van der Waals surface area contributed by atoms with Crippen molar-refractivity contribution in [2.45, 2.75) is 39.3 Å². The zero-order valence-corrected chi connectivity index (χ0v) is 9.00. The Morgan fingerprint density at radius 3 is 2.79 bits per heavy atom. The van der Waals surface area contributed by atoms with Gasteiger partial charge in [0, 0.05) is 18.0 Å². The van der Waals surface area contributed by atoms with E-state index in [0.29, 0.717) is 0 Å². The number of aryl methyl sites for hydroxylation is 2. The lowest BCUT2D eigenvalue weighted by atomic mass is 9.94. The normalized spacial score (nSPS) is 25.4. The third-order valence-corrected chi connectivity index (χ3v) is 2.75. The van der Waals surface area contributed by atoms with Crippen LogP contribution in [0.15, 0.2) is 12.1 Å². The van der Waals surface area contributed by atoms with E-state index in [1.165, 1.54) is 16.7 Å². The predicted octanol–water partition coefficient (Wildman–Crippen LogP) is 2.47. The summed E-state index contributed by atoms with van der Waals surface area (Å²) in [5.74, 6) is 1.00. The summed E-state index contributed by atoms with van der Waals surface area (Å²) in [7, 11) is 0. The number of nitrogens with two attached hydrogens (primary N) is 1. The summed E-state index contributed by atoms with van der Waals surface area (Å²) in [5.41, 5.74) is 9.72. The van der Waals surface area contributed by atoms with Crippen molar-refractivity contribution in [1.29, 1.82) is 0 Å². The maximum atomic E-state index is 6.09. The van der Waals surface area contributed by atoms with Gasteiger partial charge in [-0.25, -0.2) is 0 Å². The van der Waals surface area contributed by atoms with Crippen LogP contribution in [-0.4, -0.2) is 6.10 Å². The quantitative estimate of drug-likeness (QED) is 0.683. The van der Waals surface area contributed by atoms with E-state index in [2.05, 4.69) is 32.9 Å². The van der Waals surface area contributed by atoms with E-state index in [1.807, 2.05) is 0 Å². The fourth-order valence-electron chi connectivity index (χ4n) is 2.16. The molecule has 2 heteroatoms. The van der Waals surface area contributed by atoms with E-state index in [0.717, 1.165) is 12.2 Å². The van der Waals surface area contributed by atoms with Crippen molar-refractivity contribution in [1.82, 2.24) is 0 Å². The van der Waals surface area contributed by atoms with Crippen molar-refractivity contribution < 1.29 is 4.74 Å². The molecule has 76 valence electrons. The molecule has 2 nitrogen and oxygen atoms in total. The summed E-state index contributed by atoms with van der Waals surface area (Å²) in [6.45, 7) is 6.25. The van der Waals surface area contributed by atoms with Crippen LogP contribution in [0.4, 0.5) is 0 Å². The van der Waals surface area contributed by atoms with Gasteiger partial charge in [-0.2, -0.15) is 0 Å². The second-order valence-corrected chi connectivity index (χ2v) is 4.27. The Bertz CT molecular complexity index is 360. The van der Waals surface area contributed by atoms with Crippen molar-refractivity contribution in [3.8, 4) is 5.75 Å². The largest absolute Gasteiger partial charge is 0.490 e. The molecule has 1 aromatic rings. The number of hydrogen-bond acceptors (Lipinski definition) is 2. The molecule has 1 aliphatic rings. The molecule has 0 aromatic heterocycles. The molecule has 0 saturated heterocycles. The first-order valence-corrected chi connectivity index (χ1v) is 5.11. The monoisotopic (exact) mass is 191 g/mol. The van der Waals surface area contributed by atoms with Gasteiger partial charge in [0.1, 0.15) is 5.75 Å². The first-order valence-electron chi connectivity index (χ1n) is 5.11. The molecule has 2 N–H and O–H groups in total. The molecule has 2 unspecified atom stereocenters. The first-order chi connectivity index (χ1) is 6.58. The third-order valence-electron chi connectivity index (χ3n) is 2.75. The van der Waals surface area contributed by atoms with Crippen molar-refractivity contribution in [2.75, 3.05) is 0 Å². The standard InChI is InChI=1S/C12H17NO/c1-7-4-8(2)12-10(5-7)11(13)6-9(3)14-12/h4-5,9,11H,6,13H2,1-3H3. The molecule has 1 aromatic carbocycles. The molecule has 0 fully saturated rings. The molecule has 1 aliphatic heterocycles. The van der Waals surface area contributed by atoms with Gasteiger partial charge in [-0.05, 0) is 26.3 Å². The molecule has 0 amide bonds. The lowest BCUT2D eigenvalue weighted by molar-refractivity contribution is 0.175. The van der Waals surface area contributed by atoms with Crippen molar-refractivity contribution in [3.63, 3.8) is 0 Å². The van der Waals surface area contributed by atoms with Crippen LogP contribution in [0.2, 0.25) is 0 Å². The predicted molar refractivity (Wildman–Crippen MR) is 57.6 cm³/mol. The highest BCUT2D eigenvalue weighted by atomic mass is 16.5. The summed E-state index contributed by atoms with van der Waals surface area (Å²) in [5, 5.41) is 0. The summed E-state index contributed by atoms with van der Waals surface area (Å²) in [6, 6.07) is 4.41. The van der Waals surface area contributed by atoms with Crippen LogP contribution in [0.3, 0.4) is 0 Å². The molecule has 2 atom stereocenters. The van der Waals surface area contributed by atoms with Gasteiger partial charge in [-0.1, -0.05) is 17.7 Å². The minimum absolute atomic E-state index is 0.132. The molecule has 14 heavy (non-hydrogen) atoms. The highest BCUT2D eigenvalue weighted by Crippen LogP contribution is 2.36. The minimum atomic E-state index is 0.132. The van der Waals surface area contributed by atoms with Crippen LogP contribution < -0.4 is 10.5 Å². The molecule has 0 radical (unpaired) electrons. The van der Waals surface area contributed by atoms with Crippen LogP contribution >= 0.6 is 0 Å². The number of ether oxygens (including phenoxy) is 1. The van der Waals surface area contributed by atoms with Crippen molar-refractivity contribution >= 4 is 0 Å². The summed E-state index contributed by atoms with van der Waals surface area (Å²) < 4.78 is 5.81. The molecule has 0 spiro atoms. The van der Waals surface area contributed by atoms with Crippen LogP contribution in [0.5, 0.6) is 5.75 Å². The van der Waals surface area contributed by atoms with Gasteiger partial charge in [0.05, 0.1) is 6.10 Å². The number of benzene rings is 1. The van der Waals surface area contributed by atoms with Gasteiger partial charge in [-0.3, -0.25) is 0 Å². The van der Waals surface area contributed by atoms with Gasteiger partial charge >= 0.3 is 0 Å². The summed E-state index contributed by atoms with van der Waals surface area (Å²) >= 11 is 0. The second kappa shape index (κ2) is 3.28. The lowest BCUT2D eigenvalue weighted by Gasteiger charge is -2.29. The van der Waals surface area contributed by atoms with Crippen LogP contribution in [-0.2, 0) is 0 Å². The van der Waals surface area contributed by atoms with E-state index in [1.54, 1.807) is 0 Å². The maximum Gasteiger partial charge on any atom is 0.127 e. The first kappa shape index (κ1) is 9.53. The van der Waals surface area contributed by atoms with Gasteiger partial charge in [0.2, 0.25) is 0 Å². The Morgan fingerprint density at radius 2 is 2.07 bits per heavy atom. The smallest absolute Gasteiger partial charge is 0.127 e. The van der Waals surface area contributed by atoms with Crippen LogP contribution in [0.1, 0.15) is 36.1 Å². The fourth-order valence-corrected chi connectivity index (χ4v) is 2.16. The van der Waals surface area contributed by atoms with E-state index in [-0.39, 0.29) is 12.1 Å². The Kier molecular flexibility index (Phi) is 2.23. The summed E-state index contributed by atoms with van der Waals surface area (Å²) in [6.07, 6.45) is 1.15. The highest BCUT2D eigenvalue weighted by Gasteiger charge is 2.24. The fraction of sp³-hybridized carbons (Fsp3) is 0.500. The zero-order chi connectivity index (χ0) is 10.3. The van der Waals surface area contributed by atoms with Crippen LogP contribution in [0.25, 0.3) is 0 Å². The number of rotatable bonds is 0. The topological polar surface area (TPSA) is 35.2 Å². The minimum Gasteiger partial charge on any atom is -0.490 e. The molecular weight excluding hydrogens is 174 g/mol. The van der Waals surface area contributed by atoms with Crippen molar-refractivity contribution in [2.24, 2.45) is 5.73 Å². The molecule has 2 rings (SSSR count). The summed E-state index contributed by atoms with van der Waals surface area (Å²) in [4.78, 5) is 0. The molecule has 0 bridgehead atoms. The highest BCUT2D eigenvalue weighted by molar-refractivity contribution is 5.46.